The van der Waals surface area contributed by atoms with Gasteiger partial charge in [0.15, 0.2) is 0 Å². The van der Waals surface area contributed by atoms with Crippen molar-refractivity contribution in [1.82, 2.24) is 5.32 Å². The molecule has 0 aliphatic heterocycles. The van der Waals surface area contributed by atoms with Gasteiger partial charge in [0, 0.05) is 16.6 Å². The first-order valence-corrected chi connectivity index (χ1v) is 7.11. The lowest BCUT2D eigenvalue weighted by Gasteiger charge is -2.26. The zero-order valence-corrected chi connectivity index (χ0v) is 13.5. The Bertz CT molecular complexity index is 498. The number of hydrogen-bond donors (Lipinski definition) is 2. The topological polar surface area (TPSA) is 67.4 Å². The van der Waals surface area contributed by atoms with E-state index in [1.165, 1.54) is 0 Å². The molecule has 1 rings (SSSR count). The SMILES string of the molecule is CC(C)C(=O)NCC(C)(C)OC(=O)Nc1ccc(Cl)cc1. The summed E-state index contributed by atoms with van der Waals surface area (Å²) >= 11 is 5.77. The van der Waals surface area contributed by atoms with E-state index in [2.05, 4.69) is 10.6 Å². The van der Waals surface area contributed by atoms with Gasteiger partial charge in [-0.2, -0.15) is 0 Å². The number of benzene rings is 1. The summed E-state index contributed by atoms with van der Waals surface area (Å²) in [6.45, 7) is 7.31. The van der Waals surface area contributed by atoms with Crippen LogP contribution in [0.4, 0.5) is 10.5 Å². The lowest BCUT2D eigenvalue weighted by Crippen LogP contribution is -2.43. The van der Waals surface area contributed by atoms with E-state index >= 15 is 0 Å². The van der Waals surface area contributed by atoms with Crippen LogP contribution in [0.5, 0.6) is 0 Å². The quantitative estimate of drug-likeness (QED) is 0.875. The summed E-state index contributed by atoms with van der Waals surface area (Å²) in [5, 5.41) is 5.93. The van der Waals surface area contributed by atoms with Crippen molar-refractivity contribution in [2.75, 3.05) is 11.9 Å². The van der Waals surface area contributed by atoms with Gasteiger partial charge in [0.25, 0.3) is 0 Å². The Morgan fingerprint density at radius 1 is 1.24 bits per heavy atom. The van der Waals surface area contributed by atoms with Crippen molar-refractivity contribution in [3.63, 3.8) is 0 Å². The molecular formula is C15H21ClN2O3. The lowest BCUT2D eigenvalue weighted by molar-refractivity contribution is -0.125. The van der Waals surface area contributed by atoms with Crippen molar-refractivity contribution in [1.29, 1.82) is 0 Å². The maximum atomic E-state index is 11.8. The molecule has 0 bridgehead atoms. The zero-order chi connectivity index (χ0) is 16.0. The smallest absolute Gasteiger partial charge is 0.412 e. The molecule has 0 spiro atoms. The van der Waals surface area contributed by atoms with E-state index in [0.717, 1.165) is 0 Å². The highest BCUT2D eigenvalue weighted by Crippen LogP contribution is 2.15. The first kappa shape index (κ1) is 17.3. The van der Waals surface area contributed by atoms with Crippen LogP contribution in [0, 0.1) is 5.92 Å². The summed E-state index contributed by atoms with van der Waals surface area (Å²) in [6, 6.07) is 6.70. The van der Waals surface area contributed by atoms with Crippen molar-refractivity contribution < 1.29 is 14.3 Å². The van der Waals surface area contributed by atoms with Crippen molar-refractivity contribution in [2.45, 2.75) is 33.3 Å². The molecule has 2 N–H and O–H groups in total. The summed E-state index contributed by atoms with van der Waals surface area (Å²) in [5.74, 6) is -0.187. The minimum absolute atomic E-state index is 0.0789. The number of carbonyl (C=O) groups is 2. The van der Waals surface area contributed by atoms with Crippen molar-refractivity contribution in [3.05, 3.63) is 29.3 Å². The number of amides is 2. The van der Waals surface area contributed by atoms with Gasteiger partial charge in [-0.1, -0.05) is 25.4 Å². The van der Waals surface area contributed by atoms with Crippen molar-refractivity contribution in [2.24, 2.45) is 5.92 Å². The van der Waals surface area contributed by atoms with E-state index < -0.39 is 11.7 Å². The van der Waals surface area contributed by atoms with Gasteiger partial charge in [0.1, 0.15) is 5.60 Å². The molecule has 6 heteroatoms. The molecule has 0 radical (unpaired) electrons. The molecule has 0 heterocycles. The summed E-state index contributed by atoms with van der Waals surface area (Å²) in [5.41, 5.74) is -0.215. The van der Waals surface area contributed by atoms with E-state index in [4.69, 9.17) is 16.3 Å². The average Bonchev–Trinajstić information content (AvgIpc) is 2.38. The Balaban J connectivity index is 2.48. The van der Waals surface area contributed by atoms with Crippen LogP contribution >= 0.6 is 11.6 Å². The fourth-order valence-corrected chi connectivity index (χ4v) is 1.59. The standard InChI is InChI=1S/C15H21ClN2O3/c1-10(2)13(19)17-9-15(3,4)21-14(20)18-12-7-5-11(16)6-8-12/h5-8,10H,9H2,1-4H3,(H,17,19)(H,18,20). The Hall–Kier alpha value is -1.75. The number of anilines is 1. The third-order valence-corrected chi connectivity index (χ3v) is 2.92. The third kappa shape index (κ3) is 6.49. The minimum Gasteiger partial charge on any atom is -0.441 e. The summed E-state index contributed by atoms with van der Waals surface area (Å²) < 4.78 is 5.30. The normalized spacial score (nSPS) is 11.1. The maximum absolute atomic E-state index is 11.8. The van der Waals surface area contributed by atoms with Crippen LogP contribution < -0.4 is 10.6 Å². The molecule has 2 amide bonds. The number of nitrogens with one attached hydrogen (secondary N) is 2. The monoisotopic (exact) mass is 312 g/mol. The minimum atomic E-state index is -0.805. The van der Waals surface area contributed by atoms with Gasteiger partial charge in [-0.15, -0.1) is 0 Å². The molecule has 0 saturated heterocycles. The van der Waals surface area contributed by atoms with Crippen LogP contribution in [0.1, 0.15) is 27.7 Å². The molecule has 0 aromatic heterocycles. The largest absolute Gasteiger partial charge is 0.441 e. The second-order valence-corrected chi connectivity index (χ2v) is 6.09. The molecule has 0 aliphatic carbocycles. The second kappa shape index (κ2) is 7.31. The molecule has 0 unspecified atom stereocenters. The van der Waals surface area contributed by atoms with Gasteiger partial charge in [0.2, 0.25) is 5.91 Å². The van der Waals surface area contributed by atoms with E-state index in [0.29, 0.717) is 10.7 Å². The molecule has 21 heavy (non-hydrogen) atoms. The summed E-state index contributed by atoms with van der Waals surface area (Å²) in [6.07, 6.45) is -0.582. The number of halogens is 1. The highest BCUT2D eigenvalue weighted by Gasteiger charge is 2.24. The van der Waals surface area contributed by atoms with Gasteiger partial charge >= 0.3 is 6.09 Å². The predicted molar refractivity (Wildman–Crippen MR) is 83.5 cm³/mol. The van der Waals surface area contributed by atoms with Crippen LogP contribution in [0.15, 0.2) is 24.3 Å². The van der Waals surface area contributed by atoms with Gasteiger partial charge in [-0.05, 0) is 38.1 Å². The predicted octanol–water partition coefficient (Wildman–Crippen LogP) is 3.44. The molecule has 0 fully saturated rings. The number of carbonyl (C=O) groups excluding carboxylic acids is 2. The molecule has 1 aromatic carbocycles. The Kier molecular flexibility index (Phi) is 6.03. The molecule has 5 nitrogen and oxygen atoms in total. The fraction of sp³-hybridized carbons (Fsp3) is 0.467. The molecular weight excluding hydrogens is 292 g/mol. The molecule has 0 atom stereocenters. The second-order valence-electron chi connectivity index (χ2n) is 5.65. The van der Waals surface area contributed by atoms with Gasteiger partial charge < -0.3 is 10.1 Å². The van der Waals surface area contributed by atoms with Crippen molar-refractivity contribution >= 4 is 29.3 Å². The van der Waals surface area contributed by atoms with Crippen LogP contribution in [-0.2, 0) is 9.53 Å². The maximum Gasteiger partial charge on any atom is 0.412 e. The Labute approximate surface area is 130 Å². The van der Waals surface area contributed by atoms with Crippen LogP contribution in [0.25, 0.3) is 0 Å². The van der Waals surface area contributed by atoms with Crippen LogP contribution in [-0.4, -0.2) is 24.1 Å². The van der Waals surface area contributed by atoms with E-state index in [1.807, 2.05) is 0 Å². The summed E-state index contributed by atoms with van der Waals surface area (Å²) in [7, 11) is 0. The summed E-state index contributed by atoms with van der Waals surface area (Å²) in [4.78, 5) is 23.3. The Morgan fingerprint density at radius 3 is 2.33 bits per heavy atom. The zero-order valence-electron chi connectivity index (χ0n) is 12.7. The fourth-order valence-electron chi connectivity index (χ4n) is 1.47. The van der Waals surface area contributed by atoms with Gasteiger partial charge in [-0.25, -0.2) is 4.79 Å². The first-order valence-electron chi connectivity index (χ1n) is 6.73. The first-order chi connectivity index (χ1) is 9.69. The number of ether oxygens (including phenoxy) is 1. The van der Waals surface area contributed by atoms with Crippen LogP contribution in [0.2, 0.25) is 5.02 Å². The molecule has 1 aromatic rings. The van der Waals surface area contributed by atoms with E-state index in [-0.39, 0.29) is 18.4 Å². The number of rotatable bonds is 5. The molecule has 116 valence electrons. The lowest BCUT2D eigenvalue weighted by atomic mass is 10.1. The third-order valence-electron chi connectivity index (χ3n) is 2.67. The van der Waals surface area contributed by atoms with Gasteiger partial charge in [0.05, 0.1) is 6.54 Å². The highest BCUT2D eigenvalue weighted by atomic mass is 35.5. The Morgan fingerprint density at radius 2 is 1.81 bits per heavy atom. The average molecular weight is 313 g/mol. The highest BCUT2D eigenvalue weighted by molar-refractivity contribution is 6.30. The van der Waals surface area contributed by atoms with E-state index in [9.17, 15) is 9.59 Å². The number of hydrogen-bond acceptors (Lipinski definition) is 3. The van der Waals surface area contributed by atoms with Gasteiger partial charge in [-0.3, -0.25) is 10.1 Å². The molecule has 0 saturated carbocycles. The molecule has 0 aliphatic rings. The van der Waals surface area contributed by atoms with E-state index in [1.54, 1.807) is 52.0 Å². The van der Waals surface area contributed by atoms with Crippen molar-refractivity contribution in [3.8, 4) is 0 Å². The van der Waals surface area contributed by atoms with Crippen LogP contribution in [0.3, 0.4) is 0 Å².